The van der Waals surface area contributed by atoms with E-state index in [0.717, 1.165) is 4.90 Å². The van der Waals surface area contributed by atoms with Crippen LogP contribution in [0.25, 0.3) is 0 Å². The van der Waals surface area contributed by atoms with Crippen LogP contribution < -0.4 is 10.6 Å². The summed E-state index contributed by atoms with van der Waals surface area (Å²) >= 11 is 1.37. The van der Waals surface area contributed by atoms with Crippen LogP contribution in [0.5, 0.6) is 0 Å². The van der Waals surface area contributed by atoms with E-state index >= 15 is 0 Å². The molecule has 1 heterocycles. The lowest BCUT2D eigenvalue weighted by Crippen LogP contribution is -2.22. The topological polar surface area (TPSA) is 71.1 Å². The molecule has 0 bridgehead atoms. The highest BCUT2D eigenvalue weighted by Crippen LogP contribution is 2.26. The van der Waals surface area contributed by atoms with E-state index in [9.17, 15) is 14.0 Å². The molecular weight excluding hydrogens is 377 g/mol. The van der Waals surface area contributed by atoms with Crippen LogP contribution in [0, 0.1) is 5.82 Å². The van der Waals surface area contributed by atoms with E-state index in [4.69, 9.17) is 0 Å². The van der Waals surface area contributed by atoms with Crippen molar-refractivity contribution in [3.8, 4) is 0 Å². The highest BCUT2D eigenvalue weighted by atomic mass is 32.2. The number of nitrogens with zero attached hydrogens (tertiary/aromatic N) is 1. The van der Waals surface area contributed by atoms with Crippen LogP contribution in [-0.2, 0) is 4.79 Å². The minimum atomic E-state index is -0.395. The highest BCUT2D eigenvalue weighted by Gasteiger charge is 2.15. The second-order valence-electron chi connectivity index (χ2n) is 5.95. The van der Waals surface area contributed by atoms with Crippen molar-refractivity contribution < 1.29 is 14.0 Å². The molecule has 28 heavy (non-hydrogen) atoms. The van der Waals surface area contributed by atoms with E-state index in [0.29, 0.717) is 17.1 Å². The summed E-state index contributed by atoms with van der Waals surface area (Å²) in [5.41, 5.74) is 0.958. The molecule has 0 aliphatic rings. The maximum atomic E-state index is 13.0. The van der Waals surface area contributed by atoms with Gasteiger partial charge in [0.25, 0.3) is 5.91 Å². The standard InChI is InChI=1S/C21H18FN3O2S/c1-14(20(26)25-19-7-2-3-12-23-19)28-18-6-4-5-17(13-18)24-21(27)15-8-10-16(22)11-9-15/h2-14H,1H3,(H,24,27)(H,23,25,26). The Labute approximate surface area is 166 Å². The first-order valence-corrected chi connectivity index (χ1v) is 9.45. The summed E-state index contributed by atoms with van der Waals surface area (Å²) in [5, 5.41) is 5.18. The summed E-state index contributed by atoms with van der Waals surface area (Å²) in [4.78, 5) is 29.5. The third-order valence-electron chi connectivity index (χ3n) is 3.80. The Morgan fingerprint density at radius 2 is 1.79 bits per heavy atom. The predicted octanol–water partition coefficient (Wildman–Crippen LogP) is 4.59. The van der Waals surface area contributed by atoms with Crippen molar-refractivity contribution in [1.82, 2.24) is 4.98 Å². The van der Waals surface area contributed by atoms with Crippen molar-refractivity contribution in [3.63, 3.8) is 0 Å². The van der Waals surface area contributed by atoms with Crippen LogP contribution in [0.4, 0.5) is 15.9 Å². The van der Waals surface area contributed by atoms with Crippen LogP contribution in [0.2, 0.25) is 0 Å². The summed E-state index contributed by atoms with van der Waals surface area (Å²) < 4.78 is 13.0. The number of hydrogen-bond donors (Lipinski definition) is 2. The van der Waals surface area contributed by atoms with Gasteiger partial charge in [-0.15, -0.1) is 11.8 Å². The summed E-state index contributed by atoms with van der Waals surface area (Å²) in [5.74, 6) is -0.388. The molecule has 5 nitrogen and oxygen atoms in total. The molecule has 142 valence electrons. The van der Waals surface area contributed by atoms with Crippen molar-refractivity contribution >= 4 is 35.1 Å². The number of thioether (sulfide) groups is 1. The number of aromatic nitrogens is 1. The van der Waals surface area contributed by atoms with E-state index in [2.05, 4.69) is 15.6 Å². The Morgan fingerprint density at radius 3 is 2.50 bits per heavy atom. The number of benzene rings is 2. The van der Waals surface area contributed by atoms with Crippen LogP contribution >= 0.6 is 11.8 Å². The van der Waals surface area contributed by atoms with Crippen molar-refractivity contribution in [2.24, 2.45) is 0 Å². The molecular formula is C21H18FN3O2S. The average Bonchev–Trinajstić information content (AvgIpc) is 2.69. The summed E-state index contributed by atoms with van der Waals surface area (Å²) in [6, 6.07) is 17.8. The van der Waals surface area contributed by atoms with Gasteiger partial charge in [0.1, 0.15) is 11.6 Å². The van der Waals surface area contributed by atoms with Gasteiger partial charge in [-0.3, -0.25) is 9.59 Å². The number of carbonyl (C=O) groups excluding carboxylic acids is 2. The molecule has 0 spiro atoms. The lowest BCUT2D eigenvalue weighted by atomic mass is 10.2. The Hall–Kier alpha value is -3.19. The molecule has 3 rings (SSSR count). The van der Waals surface area contributed by atoms with Crippen LogP contribution in [0.15, 0.2) is 77.8 Å². The van der Waals surface area contributed by atoms with Crippen LogP contribution in [0.1, 0.15) is 17.3 Å². The Morgan fingerprint density at radius 1 is 1.00 bits per heavy atom. The zero-order valence-corrected chi connectivity index (χ0v) is 15.9. The molecule has 0 saturated heterocycles. The minimum Gasteiger partial charge on any atom is -0.322 e. The van der Waals surface area contributed by atoms with E-state index in [1.807, 2.05) is 6.07 Å². The zero-order chi connectivity index (χ0) is 19.9. The lowest BCUT2D eigenvalue weighted by Gasteiger charge is -2.12. The van der Waals surface area contributed by atoms with E-state index in [1.165, 1.54) is 36.0 Å². The van der Waals surface area contributed by atoms with Crippen LogP contribution in [0.3, 0.4) is 0 Å². The Bertz CT molecular complexity index is 965. The molecule has 2 N–H and O–H groups in total. The number of amides is 2. The largest absolute Gasteiger partial charge is 0.322 e. The fourth-order valence-electron chi connectivity index (χ4n) is 2.37. The van der Waals surface area contributed by atoms with Gasteiger partial charge in [-0.2, -0.15) is 0 Å². The van der Waals surface area contributed by atoms with Gasteiger partial charge in [-0.1, -0.05) is 12.1 Å². The third-order valence-corrected chi connectivity index (χ3v) is 4.89. The molecule has 7 heteroatoms. The lowest BCUT2D eigenvalue weighted by molar-refractivity contribution is -0.115. The first kappa shape index (κ1) is 19.6. The summed E-state index contributed by atoms with van der Waals surface area (Å²) in [6.45, 7) is 1.80. The molecule has 2 aromatic carbocycles. The number of rotatable bonds is 6. The van der Waals surface area contributed by atoms with Crippen molar-refractivity contribution in [2.75, 3.05) is 10.6 Å². The van der Waals surface area contributed by atoms with E-state index < -0.39 is 5.82 Å². The van der Waals surface area contributed by atoms with Gasteiger partial charge in [0.15, 0.2) is 0 Å². The Kier molecular flexibility index (Phi) is 6.39. The molecule has 0 saturated carbocycles. The average molecular weight is 395 g/mol. The monoisotopic (exact) mass is 395 g/mol. The molecule has 0 fully saturated rings. The van der Waals surface area contributed by atoms with E-state index in [1.54, 1.807) is 49.5 Å². The molecule has 0 radical (unpaired) electrons. The van der Waals surface area contributed by atoms with Gasteiger partial charge >= 0.3 is 0 Å². The number of hydrogen-bond acceptors (Lipinski definition) is 4. The van der Waals surface area contributed by atoms with Gasteiger partial charge in [0.05, 0.1) is 5.25 Å². The maximum absolute atomic E-state index is 13.0. The summed E-state index contributed by atoms with van der Waals surface area (Å²) in [7, 11) is 0. The minimum absolute atomic E-state index is 0.163. The van der Waals surface area contributed by atoms with E-state index in [-0.39, 0.29) is 17.1 Å². The van der Waals surface area contributed by atoms with Crippen molar-refractivity contribution in [3.05, 3.63) is 84.3 Å². The first-order valence-electron chi connectivity index (χ1n) is 8.57. The molecule has 1 atom stereocenters. The number of anilines is 2. The number of pyridine rings is 1. The quantitative estimate of drug-likeness (QED) is 0.599. The van der Waals surface area contributed by atoms with Gasteiger partial charge in [-0.05, 0) is 61.5 Å². The normalized spacial score (nSPS) is 11.5. The van der Waals surface area contributed by atoms with Crippen molar-refractivity contribution in [1.29, 1.82) is 0 Å². The second kappa shape index (κ2) is 9.14. The number of nitrogens with one attached hydrogen (secondary N) is 2. The highest BCUT2D eigenvalue weighted by molar-refractivity contribution is 8.00. The van der Waals surface area contributed by atoms with Crippen LogP contribution in [-0.4, -0.2) is 22.0 Å². The smallest absolute Gasteiger partial charge is 0.255 e. The third kappa shape index (κ3) is 5.40. The molecule has 0 aliphatic carbocycles. The van der Waals surface area contributed by atoms with Gasteiger partial charge in [0, 0.05) is 22.3 Å². The van der Waals surface area contributed by atoms with Gasteiger partial charge in [-0.25, -0.2) is 9.37 Å². The molecule has 3 aromatic rings. The van der Waals surface area contributed by atoms with Gasteiger partial charge < -0.3 is 10.6 Å². The fourth-order valence-corrected chi connectivity index (χ4v) is 3.30. The van der Waals surface area contributed by atoms with Gasteiger partial charge in [0.2, 0.25) is 5.91 Å². The maximum Gasteiger partial charge on any atom is 0.255 e. The Balaban J connectivity index is 1.61. The number of halogens is 1. The molecule has 0 aliphatic heterocycles. The fraction of sp³-hybridized carbons (Fsp3) is 0.0952. The molecule has 1 aromatic heterocycles. The molecule has 1 unspecified atom stereocenters. The first-order chi connectivity index (χ1) is 13.5. The second-order valence-corrected chi connectivity index (χ2v) is 7.37. The zero-order valence-electron chi connectivity index (χ0n) is 15.1. The predicted molar refractivity (Wildman–Crippen MR) is 109 cm³/mol. The number of carbonyl (C=O) groups is 2. The SMILES string of the molecule is CC(Sc1cccc(NC(=O)c2ccc(F)cc2)c1)C(=O)Nc1ccccn1. The molecule has 2 amide bonds. The summed E-state index contributed by atoms with van der Waals surface area (Å²) in [6.07, 6.45) is 1.61. The van der Waals surface area contributed by atoms with Crippen molar-refractivity contribution in [2.45, 2.75) is 17.1 Å².